The van der Waals surface area contributed by atoms with E-state index in [2.05, 4.69) is 33.0 Å². The Balaban J connectivity index is 4.10. The van der Waals surface area contributed by atoms with Gasteiger partial charge in [0.1, 0.15) is 0 Å². The maximum absolute atomic E-state index is 9.41. The van der Waals surface area contributed by atoms with Gasteiger partial charge in [-0.05, 0) is 26.7 Å². The fourth-order valence-corrected chi connectivity index (χ4v) is 1.53. The van der Waals surface area contributed by atoms with Crippen LogP contribution in [0, 0.1) is 5.41 Å². The Morgan fingerprint density at radius 1 is 1.27 bits per heavy atom. The first-order valence-corrected chi connectivity index (χ1v) is 5.92. The van der Waals surface area contributed by atoms with Crippen molar-refractivity contribution in [3.05, 3.63) is 0 Å². The minimum Gasteiger partial charge on any atom is -0.396 e. The smallest absolute Gasteiger partial charge is 0.0693 e. The summed E-state index contributed by atoms with van der Waals surface area (Å²) in [5.41, 5.74) is 0.0295. The number of aliphatic hydroxyl groups is 1. The lowest BCUT2D eigenvalue weighted by Crippen LogP contribution is -2.44. The highest BCUT2D eigenvalue weighted by Gasteiger charge is 2.26. The molecule has 2 N–H and O–H groups in total. The van der Waals surface area contributed by atoms with Crippen LogP contribution in [0.15, 0.2) is 0 Å². The minimum atomic E-state index is 0.0295. The molecule has 0 saturated carbocycles. The second kappa shape index (κ2) is 7.20. The van der Waals surface area contributed by atoms with Crippen molar-refractivity contribution in [3.63, 3.8) is 0 Å². The summed E-state index contributed by atoms with van der Waals surface area (Å²) in [7, 11) is 1.72. The molecule has 0 aromatic rings. The summed E-state index contributed by atoms with van der Waals surface area (Å²) < 4.78 is 5.25. The van der Waals surface area contributed by atoms with E-state index >= 15 is 0 Å². The van der Waals surface area contributed by atoms with Crippen molar-refractivity contribution >= 4 is 0 Å². The highest BCUT2D eigenvalue weighted by Crippen LogP contribution is 2.24. The third kappa shape index (κ3) is 4.49. The first-order chi connectivity index (χ1) is 7.05. The van der Waals surface area contributed by atoms with Crippen LogP contribution in [0.25, 0.3) is 0 Å². The molecule has 0 aliphatic rings. The summed E-state index contributed by atoms with van der Waals surface area (Å²) in [6.45, 7) is 9.53. The number of aliphatic hydroxyl groups excluding tert-OH is 1. The molecule has 0 heterocycles. The summed E-state index contributed by atoms with van der Waals surface area (Å²) in [4.78, 5) is 0. The van der Waals surface area contributed by atoms with Gasteiger partial charge in [-0.25, -0.2) is 0 Å². The van der Waals surface area contributed by atoms with Gasteiger partial charge >= 0.3 is 0 Å². The second-order valence-electron chi connectivity index (χ2n) is 4.48. The first-order valence-electron chi connectivity index (χ1n) is 5.92. The fraction of sp³-hybridized carbons (Fsp3) is 1.00. The molecule has 0 rings (SSSR count). The monoisotopic (exact) mass is 217 g/mol. The van der Waals surface area contributed by atoms with Crippen LogP contribution >= 0.6 is 0 Å². The maximum Gasteiger partial charge on any atom is 0.0693 e. The second-order valence-corrected chi connectivity index (χ2v) is 4.48. The van der Waals surface area contributed by atoms with Crippen LogP contribution in [-0.2, 0) is 4.74 Å². The highest BCUT2D eigenvalue weighted by atomic mass is 16.5. The third-order valence-electron chi connectivity index (χ3n) is 3.71. The van der Waals surface area contributed by atoms with Gasteiger partial charge in [-0.3, -0.25) is 0 Å². The molecule has 0 bridgehead atoms. The van der Waals surface area contributed by atoms with Crippen LogP contribution in [0.2, 0.25) is 0 Å². The number of methoxy groups -OCH3 is 1. The molecule has 0 radical (unpaired) electrons. The van der Waals surface area contributed by atoms with Gasteiger partial charge < -0.3 is 15.2 Å². The van der Waals surface area contributed by atoms with E-state index in [9.17, 15) is 5.11 Å². The quantitative estimate of drug-likeness (QED) is 0.651. The van der Waals surface area contributed by atoms with Crippen molar-refractivity contribution in [1.29, 1.82) is 0 Å². The Morgan fingerprint density at radius 3 is 2.13 bits per heavy atom. The minimum absolute atomic E-state index is 0.0295. The molecule has 0 aliphatic heterocycles. The van der Waals surface area contributed by atoms with Gasteiger partial charge in [0.15, 0.2) is 0 Å². The summed E-state index contributed by atoms with van der Waals surface area (Å²) >= 11 is 0. The van der Waals surface area contributed by atoms with Gasteiger partial charge in [0.25, 0.3) is 0 Å². The number of nitrogens with one attached hydrogen (secondary N) is 1. The lowest BCUT2D eigenvalue weighted by molar-refractivity contribution is 0.0693. The zero-order chi connectivity index (χ0) is 11.9. The van der Waals surface area contributed by atoms with Crippen molar-refractivity contribution in [2.24, 2.45) is 5.41 Å². The molecular weight excluding hydrogens is 190 g/mol. The lowest BCUT2D eigenvalue weighted by Gasteiger charge is -2.32. The Labute approximate surface area is 94.2 Å². The van der Waals surface area contributed by atoms with E-state index in [0.29, 0.717) is 6.04 Å². The van der Waals surface area contributed by atoms with Crippen LogP contribution in [0.1, 0.15) is 40.5 Å². The van der Waals surface area contributed by atoms with E-state index in [0.717, 1.165) is 19.4 Å². The molecular formula is C12H27NO2. The first kappa shape index (κ1) is 14.9. The van der Waals surface area contributed by atoms with E-state index in [1.807, 2.05) is 0 Å². The van der Waals surface area contributed by atoms with Crippen molar-refractivity contribution in [2.75, 3.05) is 20.3 Å². The molecule has 15 heavy (non-hydrogen) atoms. The number of ether oxygens (including phenoxy) is 1. The van der Waals surface area contributed by atoms with Gasteiger partial charge in [0.2, 0.25) is 0 Å². The summed E-state index contributed by atoms with van der Waals surface area (Å²) in [6.07, 6.45) is 2.21. The van der Waals surface area contributed by atoms with Crippen LogP contribution in [0.3, 0.4) is 0 Å². The van der Waals surface area contributed by atoms with Crippen molar-refractivity contribution in [1.82, 2.24) is 5.32 Å². The van der Waals surface area contributed by atoms with Crippen LogP contribution in [0.4, 0.5) is 0 Å². The van der Waals surface area contributed by atoms with Crippen molar-refractivity contribution in [2.45, 2.75) is 52.7 Å². The molecule has 3 heteroatoms. The number of hydrogen-bond acceptors (Lipinski definition) is 3. The van der Waals surface area contributed by atoms with Gasteiger partial charge in [0, 0.05) is 31.7 Å². The molecule has 92 valence electrons. The molecule has 0 aliphatic carbocycles. The lowest BCUT2D eigenvalue weighted by atomic mass is 9.83. The third-order valence-corrected chi connectivity index (χ3v) is 3.71. The van der Waals surface area contributed by atoms with E-state index in [-0.39, 0.29) is 18.1 Å². The summed E-state index contributed by atoms with van der Waals surface area (Å²) in [5.74, 6) is 0. The highest BCUT2D eigenvalue weighted by molar-refractivity contribution is 4.81. The van der Waals surface area contributed by atoms with Crippen molar-refractivity contribution in [3.8, 4) is 0 Å². The standard InChI is InChI=1S/C12H27NO2/c1-6-12(7-2,9-14)8-13-10(3)11(4)15-5/h10-11,13-14H,6-9H2,1-5H3. The predicted molar refractivity (Wildman–Crippen MR) is 64.0 cm³/mol. The average molecular weight is 217 g/mol. The van der Waals surface area contributed by atoms with Gasteiger partial charge in [0.05, 0.1) is 6.10 Å². The molecule has 0 aromatic carbocycles. The van der Waals surface area contributed by atoms with Crippen LogP contribution in [-0.4, -0.2) is 37.5 Å². The van der Waals surface area contributed by atoms with E-state index in [1.54, 1.807) is 7.11 Å². The molecule has 0 amide bonds. The Bertz CT molecular complexity index is 149. The zero-order valence-electron chi connectivity index (χ0n) is 10.8. The Hall–Kier alpha value is -0.120. The predicted octanol–water partition coefficient (Wildman–Crippen LogP) is 1.80. The molecule has 0 fully saturated rings. The van der Waals surface area contributed by atoms with E-state index in [4.69, 9.17) is 4.74 Å². The average Bonchev–Trinajstić information content (AvgIpc) is 2.30. The molecule has 3 nitrogen and oxygen atoms in total. The van der Waals surface area contributed by atoms with Crippen LogP contribution < -0.4 is 5.32 Å². The molecule has 0 aromatic heterocycles. The fourth-order valence-electron chi connectivity index (χ4n) is 1.53. The van der Waals surface area contributed by atoms with Gasteiger partial charge in [-0.15, -0.1) is 0 Å². The van der Waals surface area contributed by atoms with Gasteiger partial charge in [-0.1, -0.05) is 13.8 Å². The maximum atomic E-state index is 9.41. The number of rotatable bonds is 8. The zero-order valence-corrected chi connectivity index (χ0v) is 10.8. The summed E-state index contributed by atoms with van der Waals surface area (Å²) in [6, 6.07) is 0.319. The topological polar surface area (TPSA) is 41.5 Å². The van der Waals surface area contributed by atoms with E-state index < -0.39 is 0 Å². The normalized spacial score (nSPS) is 16.4. The van der Waals surface area contributed by atoms with Gasteiger partial charge in [-0.2, -0.15) is 0 Å². The molecule has 0 spiro atoms. The Morgan fingerprint density at radius 2 is 1.80 bits per heavy atom. The van der Waals surface area contributed by atoms with Crippen LogP contribution in [0.5, 0.6) is 0 Å². The van der Waals surface area contributed by atoms with Crippen molar-refractivity contribution < 1.29 is 9.84 Å². The SMILES string of the molecule is CCC(CC)(CO)CNC(C)C(C)OC. The molecule has 2 atom stereocenters. The largest absolute Gasteiger partial charge is 0.396 e. The number of hydrogen-bond donors (Lipinski definition) is 2. The molecule has 2 unspecified atom stereocenters. The van der Waals surface area contributed by atoms with E-state index in [1.165, 1.54) is 0 Å². The molecule has 0 saturated heterocycles. The summed E-state index contributed by atoms with van der Waals surface area (Å²) in [5, 5.41) is 12.9. The Kier molecular flexibility index (Phi) is 7.14.